The first kappa shape index (κ1) is 11.9. The average molecular weight is 220 g/mol. The van der Waals surface area contributed by atoms with Gasteiger partial charge in [-0.2, -0.15) is 0 Å². The Kier molecular flexibility index (Phi) is 4.22. The lowest BCUT2D eigenvalue weighted by Crippen LogP contribution is -1.99. The van der Waals surface area contributed by atoms with E-state index in [4.69, 9.17) is 0 Å². The number of rotatable bonds is 2. The van der Waals surface area contributed by atoms with Gasteiger partial charge in [-0.1, -0.05) is 5.92 Å². The summed E-state index contributed by atoms with van der Waals surface area (Å²) in [6.07, 6.45) is 0.415. The Bertz CT molecular complexity index is 469. The molecule has 82 valence electrons. The molecule has 0 bridgehead atoms. The molecule has 0 N–H and O–H groups in total. The van der Waals surface area contributed by atoms with Crippen molar-refractivity contribution in [3.05, 3.63) is 35.1 Å². The summed E-state index contributed by atoms with van der Waals surface area (Å²) >= 11 is 0. The predicted molar refractivity (Wildman–Crippen MR) is 55.3 cm³/mol. The third kappa shape index (κ3) is 3.21. The zero-order valence-electron chi connectivity index (χ0n) is 8.62. The Labute approximate surface area is 92.2 Å². The maximum absolute atomic E-state index is 13.1. The van der Waals surface area contributed by atoms with Crippen LogP contribution in [0.2, 0.25) is 0 Å². The Balaban J connectivity index is 2.86. The van der Waals surface area contributed by atoms with Crippen LogP contribution in [0.3, 0.4) is 0 Å². The summed E-state index contributed by atoms with van der Waals surface area (Å²) in [7, 11) is 0. The van der Waals surface area contributed by atoms with Crippen molar-refractivity contribution in [3.8, 4) is 11.8 Å². The van der Waals surface area contributed by atoms with Crippen molar-refractivity contribution in [2.75, 3.05) is 6.61 Å². The van der Waals surface area contributed by atoms with Crippen LogP contribution >= 0.6 is 0 Å². The van der Waals surface area contributed by atoms with Crippen molar-refractivity contribution in [1.82, 2.24) is 0 Å². The van der Waals surface area contributed by atoms with Gasteiger partial charge in [0.2, 0.25) is 0 Å². The van der Waals surface area contributed by atoms with Crippen LogP contribution in [0.1, 0.15) is 22.8 Å². The Morgan fingerprint density at radius 3 is 2.88 bits per heavy atom. The van der Waals surface area contributed by atoms with Crippen LogP contribution in [0.5, 0.6) is 0 Å². The molecule has 0 aliphatic rings. The molecule has 16 heavy (non-hydrogen) atoms. The highest BCUT2D eigenvalue weighted by Crippen LogP contribution is 2.07. The second kappa shape index (κ2) is 5.66. The van der Waals surface area contributed by atoms with Crippen LogP contribution < -0.4 is 0 Å². The lowest BCUT2D eigenvalue weighted by Gasteiger charge is -1.95. The van der Waals surface area contributed by atoms with Crippen LogP contribution in [0.25, 0.3) is 0 Å². The average Bonchev–Trinajstić information content (AvgIpc) is 2.27. The third-order valence-corrected chi connectivity index (χ3v) is 1.71. The van der Waals surface area contributed by atoms with Gasteiger partial charge in [-0.15, -0.1) is 0 Å². The molecular formula is C12H9FO3. The second-order valence-electron chi connectivity index (χ2n) is 2.82. The van der Waals surface area contributed by atoms with Crippen LogP contribution in [0.15, 0.2) is 18.2 Å². The number of benzene rings is 1. The molecule has 1 aromatic rings. The van der Waals surface area contributed by atoms with E-state index in [1.807, 2.05) is 0 Å². The fraction of sp³-hybridized carbons (Fsp3) is 0.167. The van der Waals surface area contributed by atoms with Crippen molar-refractivity contribution in [2.45, 2.75) is 6.92 Å². The molecule has 0 spiro atoms. The van der Waals surface area contributed by atoms with Crippen molar-refractivity contribution >= 4 is 12.3 Å². The van der Waals surface area contributed by atoms with Crippen LogP contribution in [-0.4, -0.2) is 18.9 Å². The smallest absolute Gasteiger partial charge is 0.384 e. The van der Waals surface area contributed by atoms with E-state index in [1.54, 1.807) is 6.92 Å². The summed E-state index contributed by atoms with van der Waals surface area (Å²) in [5.41, 5.74) is 0.276. The number of halogens is 1. The van der Waals surface area contributed by atoms with Crippen molar-refractivity contribution in [2.24, 2.45) is 0 Å². The number of hydrogen-bond acceptors (Lipinski definition) is 3. The SMILES string of the molecule is CCOC(=O)C#Cc1ccc(C=O)c(F)c1. The number of carbonyl (C=O) groups excluding carboxylic acids is 2. The molecule has 0 atom stereocenters. The number of aldehydes is 1. The molecule has 1 rings (SSSR count). The van der Waals surface area contributed by atoms with Gasteiger partial charge >= 0.3 is 5.97 Å². The zero-order valence-corrected chi connectivity index (χ0v) is 8.62. The molecule has 3 nitrogen and oxygen atoms in total. The minimum absolute atomic E-state index is 0.0401. The Morgan fingerprint density at radius 2 is 2.31 bits per heavy atom. The van der Waals surface area contributed by atoms with E-state index < -0.39 is 11.8 Å². The van der Waals surface area contributed by atoms with Crippen LogP contribution in [-0.2, 0) is 9.53 Å². The standard InChI is InChI=1S/C12H9FO3/c1-2-16-12(15)6-4-9-3-5-10(8-14)11(13)7-9/h3,5,7-8H,2H2,1H3. The molecule has 0 aromatic heterocycles. The predicted octanol–water partition coefficient (Wildman–Crippen LogP) is 1.55. The topological polar surface area (TPSA) is 43.4 Å². The van der Waals surface area contributed by atoms with Gasteiger partial charge in [0.1, 0.15) is 5.82 Å². The number of carbonyl (C=O) groups is 2. The molecule has 0 saturated heterocycles. The summed E-state index contributed by atoms with van der Waals surface area (Å²) in [5, 5.41) is 0. The van der Waals surface area contributed by atoms with Crippen LogP contribution in [0, 0.1) is 17.7 Å². The molecule has 0 saturated carbocycles. The van der Waals surface area contributed by atoms with Gasteiger partial charge in [0.15, 0.2) is 6.29 Å². The highest BCUT2D eigenvalue weighted by molar-refractivity contribution is 5.89. The lowest BCUT2D eigenvalue weighted by molar-refractivity contribution is -0.136. The maximum atomic E-state index is 13.1. The van der Waals surface area contributed by atoms with E-state index in [2.05, 4.69) is 16.6 Å². The number of ether oxygens (including phenoxy) is 1. The van der Waals surface area contributed by atoms with Gasteiger partial charge in [0, 0.05) is 11.5 Å². The largest absolute Gasteiger partial charge is 0.456 e. The fourth-order valence-electron chi connectivity index (χ4n) is 0.991. The number of hydrogen-bond donors (Lipinski definition) is 0. The molecule has 0 amide bonds. The van der Waals surface area contributed by atoms with Gasteiger partial charge in [-0.05, 0) is 25.1 Å². The molecule has 0 heterocycles. The second-order valence-corrected chi connectivity index (χ2v) is 2.82. The first-order chi connectivity index (χ1) is 7.67. The van der Waals surface area contributed by atoms with Gasteiger partial charge in [-0.25, -0.2) is 9.18 Å². The highest BCUT2D eigenvalue weighted by atomic mass is 19.1. The first-order valence-electron chi connectivity index (χ1n) is 4.61. The molecular weight excluding hydrogens is 211 g/mol. The van der Waals surface area contributed by atoms with E-state index in [1.165, 1.54) is 12.1 Å². The zero-order chi connectivity index (χ0) is 12.0. The summed E-state index contributed by atoms with van der Waals surface area (Å²) < 4.78 is 17.7. The van der Waals surface area contributed by atoms with Crippen LogP contribution in [0.4, 0.5) is 4.39 Å². The third-order valence-electron chi connectivity index (χ3n) is 1.71. The van der Waals surface area contributed by atoms with Crippen molar-refractivity contribution in [1.29, 1.82) is 0 Å². The molecule has 1 aromatic carbocycles. The normalized spacial score (nSPS) is 8.88. The summed E-state index contributed by atoms with van der Waals surface area (Å²) in [6.45, 7) is 1.91. The molecule has 0 aliphatic carbocycles. The van der Waals surface area contributed by atoms with E-state index in [0.717, 1.165) is 6.07 Å². The molecule has 0 radical (unpaired) electrons. The van der Waals surface area contributed by atoms with E-state index in [0.29, 0.717) is 11.8 Å². The van der Waals surface area contributed by atoms with Gasteiger partial charge in [0.25, 0.3) is 0 Å². The maximum Gasteiger partial charge on any atom is 0.384 e. The minimum Gasteiger partial charge on any atom is -0.456 e. The van der Waals surface area contributed by atoms with Gasteiger partial charge in [-0.3, -0.25) is 4.79 Å². The van der Waals surface area contributed by atoms with E-state index >= 15 is 0 Å². The molecule has 4 heteroatoms. The van der Waals surface area contributed by atoms with Crippen molar-refractivity contribution < 1.29 is 18.7 Å². The van der Waals surface area contributed by atoms with E-state index in [-0.39, 0.29) is 12.2 Å². The molecule has 0 fully saturated rings. The van der Waals surface area contributed by atoms with Crippen molar-refractivity contribution in [3.63, 3.8) is 0 Å². The highest BCUT2D eigenvalue weighted by Gasteiger charge is 2.00. The van der Waals surface area contributed by atoms with Gasteiger partial charge in [0.05, 0.1) is 12.2 Å². The molecule has 0 unspecified atom stereocenters. The lowest BCUT2D eigenvalue weighted by atomic mass is 10.1. The van der Waals surface area contributed by atoms with Gasteiger partial charge < -0.3 is 4.74 Å². The molecule has 0 aliphatic heterocycles. The fourth-order valence-corrected chi connectivity index (χ4v) is 0.991. The Hall–Kier alpha value is -2.15. The summed E-state index contributed by atoms with van der Waals surface area (Å²) in [6, 6.07) is 3.85. The number of esters is 1. The summed E-state index contributed by atoms with van der Waals surface area (Å²) in [4.78, 5) is 21.2. The quantitative estimate of drug-likeness (QED) is 0.431. The summed E-state index contributed by atoms with van der Waals surface area (Å²) in [5.74, 6) is 3.31. The monoisotopic (exact) mass is 220 g/mol. The Morgan fingerprint density at radius 1 is 1.56 bits per heavy atom. The van der Waals surface area contributed by atoms with E-state index in [9.17, 15) is 14.0 Å². The minimum atomic E-state index is -0.664. The first-order valence-corrected chi connectivity index (χ1v) is 4.61.